The number of nitrogen functional groups attached to an aromatic ring is 1. The van der Waals surface area contributed by atoms with Crippen LogP contribution in [0, 0.1) is 0 Å². The van der Waals surface area contributed by atoms with Crippen LogP contribution in [0.1, 0.15) is 31.1 Å². The molecule has 1 aromatic carbocycles. The number of hydrogen-bond donors (Lipinski definition) is 4. The molecule has 0 aliphatic heterocycles. The van der Waals surface area contributed by atoms with Crippen molar-refractivity contribution in [2.24, 2.45) is 0 Å². The van der Waals surface area contributed by atoms with Crippen LogP contribution in [0.4, 0.5) is 11.4 Å². The van der Waals surface area contributed by atoms with Gasteiger partial charge in [-0.2, -0.15) is 0 Å². The summed E-state index contributed by atoms with van der Waals surface area (Å²) in [6.07, 6.45) is 0. The maximum Gasteiger partial charge on any atom is 0.251 e. The van der Waals surface area contributed by atoms with Crippen LogP contribution in [-0.4, -0.2) is 30.9 Å². The van der Waals surface area contributed by atoms with Gasteiger partial charge in [0, 0.05) is 18.7 Å². The Bertz CT molecular complexity index is 500. The van der Waals surface area contributed by atoms with Gasteiger partial charge in [-0.1, -0.05) is 0 Å². The molecule has 1 rings (SSSR count). The molecule has 110 valence electrons. The van der Waals surface area contributed by atoms with Gasteiger partial charge in [0.05, 0.1) is 11.4 Å². The van der Waals surface area contributed by atoms with E-state index in [1.807, 2.05) is 13.8 Å². The highest BCUT2D eigenvalue weighted by atomic mass is 16.2. The lowest BCUT2D eigenvalue weighted by Crippen LogP contribution is -2.41. The minimum absolute atomic E-state index is 0.0831. The highest BCUT2D eigenvalue weighted by Gasteiger charge is 2.15. The highest BCUT2D eigenvalue weighted by molar-refractivity contribution is 5.96. The summed E-state index contributed by atoms with van der Waals surface area (Å²) in [5.74, 6) is -0.302. The molecule has 0 fully saturated rings. The molecule has 0 saturated carbocycles. The number of hydrogen-bond acceptors (Lipinski definition) is 4. The molecule has 1 unspecified atom stereocenters. The van der Waals surface area contributed by atoms with Gasteiger partial charge in [-0.25, -0.2) is 0 Å². The van der Waals surface area contributed by atoms with Crippen LogP contribution in [0.15, 0.2) is 18.2 Å². The Balaban J connectivity index is 2.78. The molecule has 0 radical (unpaired) electrons. The number of benzene rings is 1. The lowest BCUT2D eigenvalue weighted by molar-refractivity contribution is -0.122. The van der Waals surface area contributed by atoms with Gasteiger partial charge in [0.1, 0.15) is 6.04 Å². The van der Waals surface area contributed by atoms with Crippen LogP contribution in [0.3, 0.4) is 0 Å². The average Bonchev–Trinajstić information content (AvgIpc) is 2.39. The number of rotatable bonds is 5. The quantitative estimate of drug-likeness (QED) is 0.603. The van der Waals surface area contributed by atoms with E-state index in [2.05, 4.69) is 16.0 Å². The summed E-state index contributed by atoms with van der Waals surface area (Å²) in [6.45, 7) is 5.55. The van der Waals surface area contributed by atoms with E-state index in [1.54, 1.807) is 32.2 Å². The Morgan fingerprint density at radius 1 is 1.20 bits per heavy atom. The Hall–Kier alpha value is -2.24. The maximum atomic E-state index is 11.8. The van der Waals surface area contributed by atoms with E-state index >= 15 is 0 Å². The van der Waals surface area contributed by atoms with Crippen LogP contribution >= 0.6 is 0 Å². The fourth-order valence-electron chi connectivity index (χ4n) is 1.69. The first-order chi connectivity index (χ1) is 9.35. The average molecular weight is 278 g/mol. The molecule has 0 heterocycles. The first kappa shape index (κ1) is 15.8. The van der Waals surface area contributed by atoms with Crippen molar-refractivity contribution in [2.45, 2.75) is 32.9 Å². The van der Waals surface area contributed by atoms with Crippen molar-refractivity contribution in [2.75, 3.05) is 18.1 Å². The molecule has 0 aromatic heterocycles. The van der Waals surface area contributed by atoms with Crippen LogP contribution in [0.2, 0.25) is 0 Å². The third kappa shape index (κ3) is 4.15. The molecule has 0 aliphatic rings. The fraction of sp³-hybridized carbons (Fsp3) is 0.429. The van der Waals surface area contributed by atoms with Crippen molar-refractivity contribution in [3.8, 4) is 0 Å². The Kier molecular flexibility index (Phi) is 5.37. The molecule has 0 saturated heterocycles. The molecule has 0 aliphatic carbocycles. The molecule has 2 amide bonds. The summed E-state index contributed by atoms with van der Waals surface area (Å²) in [4.78, 5) is 23.3. The van der Waals surface area contributed by atoms with Gasteiger partial charge in [0.25, 0.3) is 5.91 Å². The highest BCUT2D eigenvalue weighted by Crippen LogP contribution is 2.20. The topological polar surface area (TPSA) is 96.2 Å². The molecule has 0 spiro atoms. The van der Waals surface area contributed by atoms with Gasteiger partial charge in [0.2, 0.25) is 5.91 Å². The predicted molar refractivity (Wildman–Crippen MR) is 80.6 cm³/mol. The summed E-state index contributed by atoms with van der Waals surface area (Å²) in [6, 6.07) is 4.60. The molecular weight excluding hydrogens is 256 g/mol. The second-order valence-electron chi connectivity index (χ2n) is 4.91. The van der Waals surface area contributed by atoms with E-state index in [0.29, 0.717) is 16.9 Å². The van der Waals surface area contributed by atoms with Crippen LogP contribution in [0.25, 0.3) is 0 Å². The van der Waals surface area contributed by atoms with Gasteiger partial charge in [-0.15, -0.1) is 0 Å². The second-order valence-corrected chi connectivity index (χ2v) is 4.91. The van der Waals surface area contributed by atoms with Gasteiger partial charge >= 0.3 is 0 Å². The third-order valence-corrected chi connectivity index (χ3v) is 2.74. The first-order valence-corrected chi connectivity index (χ1v) is 6.53. The summed E-state index contributed by atoms with van der Waals surface area (Å²) in [5, 5.41) is 8.37. The molecule has 1 aromatic rings. The summed E-state index contributed by atoms with van der Waals surface area (Å²) >= 11 is 0. The summed E-state index contributed by atoms with van der Waals surface area (Å²) in [7, 11) is 1.56. The standard InChI is InChI=1S/C14H22N4O2/c1-8(2)17-13(19)9(3)18-12-6-5-10(7-11(12)15)14(20)16-4/h5-9,18H,15H2,1-4H3,(H,16,20)(H,17,19). The van der Waals surface area contributed by atoms with Crippen LogP contribution in [-0.2, 0) is 4.79 Å². The predicted octanol–water partition coefficient (Wildman–Crippen LogP) is 0.953. The van der Waals surface area contributed by atoms with Gasteiger partial charge in [-0.05, 0) is 39.0 Å². The normalized spacial score (nSPS) is 11.8. The minimum atomic E-state index is -0.412. The molecule has 20 heavy (non-hydrogen) atoms. The molecule has 5 N–H and O–H groups in total. The van der Waals surface area contributed by atoms with E-state index in [-0.39, 0.29) is 17.9 Å². The zero-order valence-corrected chi connectivity index (χ0v) is 12.3. The number of anilines is 2. The second kappa shape index (κ2) is 6.79. The van der Waals surface area contributed by atoms with Crippen molar-refractivity contribution in [3.63, 3.8) is 0 Å². The molecular formula is C14H22N4O2. The molecule has 6 heteroatoms. The Labute approximate surface area is 119 Å². The van der Waals surface area contributed by atoms with Gasteiger partial charge in [0.15, 0.2) is 0 Å². The number of carbonyl (C=O) groups is 2. The van der Waals surface area contributed by atoms with Crippen molar-refractivity contribution in [3.05, 3.63) is 23.8 Å². The molecule has 6 nitrogen and oxygen atoms in total. The number of amides is 2. The van der Waals surface area contributed by atoms with E-state index in [9.17, 15) is 9.59 Å². The van der Waals surface area contributed by atoms with Crippen molar-refractivity contribution in [1.82, 2.24) is 10.6 Å². The zero-order valence-electron chi connectivity index (χ0n) is 12.3. The Morgan fingerprint density at radius 2 is 1.85 bits per heavy atom. The summed E-state index contributed by atoms with van der Waals surface area (Å²) < 4.78 is 0. The number of carbonyl (C=O) groups excluding carboxylic acids is 2. The van der Waals surface area contributed by atoms with Gasteiger partial charge in [-0.3, -0.25) is 9.59 Å². The van der Waals surface area contributed by atoms with Crippen LogP contribution < -0.4 is 21.7 Å². The summed E-state index contributed by atoms with van der Waals surface area (Å²) in [5.41, 5.74) is 7.43. The zero-order chi connectivity index (χ0) is 15.3. The minimum Gasteiger partial charge on any atom is -0.397 e. The number of nitrogens with two attached hydrogens (primary N) is 1. The maximum absolute atomic E-state index is 11.8. The molecule has 0 bridgehead atoms. The Morgan fingerprint density at radius 3 is 2.35 bits per heavy atom. The first-order valence-electron chi connectivity index (χ1n) is 6.53. The van der Waals surface area contributed by atoms with E-state index in [1.165, 1.54) is 0 Å². The lowest BCUT2D eigenvalue weighted by atomic mass is 10.1. The van der Waals surface area contributed by atoms with Crippen molar-refractivity contribution >= 4 is 23.2 Å². The van der Waals surface area contributed by atoms with E-state index in [4.69, 9.17) is 5.73 Å². The fourth-order valence-corrected chi connectivity index (χ4v) is 1.69. The third-order valence-electron chi connectivity index (χ3n) is 2.74. The van der Waals surface area contributed by atoms with Gasteiger partial charge < -0.3 is 21.7 Å². The largest absolute Gasteiger partial charge is 0.397 e. The SMILES string of the molecule is CNC(=O)c1ccc(NC(C)C(=O)NC(C)C)c(N)c1. The monoisotopic (exact) mass is 278 g/mol. The van der Waals surface area contributed by atoms with Crippen LogP contribution in [0.5, 0.6) is 0 Å². The number of nitrogens with one attached hydrogen (secondary N) is 3. The van der Waals surface area contributed by atoms with Crippen molar-refractivity contribution < 1.29 is 9.59 Å². The molecule has 1 atom stereocenters. The van der Waals surface area contributed by atoms with E-state index in [0.717, 1.165) is 0 Å². The van der Waals surface area contributed by atoms with E-state index < -0.39 is 6.04 Å². The smallest absolute Gasteiger partial charge is 0.251 e. The van der Waals surface area contributed by atoms with Crippen molar-refractivity contribution in [1.29, 1.82) is 0 Å². The lowest BCUT2D eigenvalue weighted by Gasteiger charge is -2.18.